The van der Waals surface area contributed by atoms with Crippen LogP contribution in [0.2, 0.25) is 0 Å². The third kappa shape index (κ3) is 2.82. The van der Waals surface area contributed by atoms with Crippen molar-refractivity contribution < 1.29 is 19.6 Å². The highest BCUT2D eigenvalue weighted by Crippen LogP contribution is 2.37. The second-order valence-corrected chi connectivity index (χ2v) is 5.89. The monoisotopic (exact) mass is 337 g/mol. The number of aryl methyl sites for hydroxylation is 1. The smallest absolute Gasteiger partial charge is 0.234 e. The molecule has 0 fully saturated rings. The number of carbonyl (C=O) groups is 2. The number of benzene rings is 2. The van der Waals surface area contributed by atoms with Crippen LogP contribution in [0.3, 0.4) is 0 Å². The van der Waals surface area contributed by atoms with Gasteiger partial charge in [0.2, 0.25) is 18.1 Å². The molecule has 0 heterocycles. The molecule has 0 saturated carbocycles. The number of ketones is 2. The van der Waals surface area contributed by atoms with E-state index in [4.69, 9.17) is 0 Å². The first-order valence-electron chi connectivity index (χ1n) is 7.70. The number of hydrogen-bond acceptors (Lipinski definition) is 5. The average Bonchev–Trinajstić information content (AvgIpc) is 2.59. The number of Topliss-reactive ketones (excluding diaryl/α,β-unsaturated/α-hetero) is 2. The molecule has 0 spiro atoms. The lowest BCUT2D eigenvalue weighted by molar-refractivity contribution is -0.481. The van der Waals surface area contributed by atoms with Crippen molar-refractivity contribution in [1.82, 2.24) is 0 Å². The molecule has 1 atom stereocenters. The zero-order valence-electron chi connectivity index (χ0n) is 13.4. The topological polar surface area (TPSA) is 97.5 Å². The predicted octanol–water partition coefficient (Wildman–Crippen LogP) is 3.09. The molecule has 3 rings (SSSR count). The van der Waals surface area contributed by atoms with Crippen LogP contribution in [0.15, 0.2) is 54.1 Å². The molecule has 0 radical (unpaired) electrons. The van der Waals surface area contributed by atoms with Gasteiger partial charge < -0.3 is 5.11 Å². The fourth-order valence-corrected chi connectivity index (χ4v) is 3.18. The maximum absolute atomic E-state index is 12.6. The predicted molar refractivity (Wildman–Crippen MR) is 91.1 cm³/mol. The van der Waals surface area contributed by atoms with Gasteiger partial charge in [-0.15, -0.1) is 0 Å². The molecule has 6 nitrogen and oxygen atoms in total. The van der Waals surface area contributed by atoms with E-state index in [-0.39, 0.29) is 22.5 Å². The van der Waals surface area contributed by atoms with E-state index in [9.17, 15) is 24.8 Å². The van der Waals surface area contributed by atoms with Gasteiger partial charge in [-0.3, -0.25) is 19.7 Å². The third-order valence-corrected chi connectivity index (χ3v) is 4.38. The highest BCUT2D eigenvalue weighted by atomic mass is 16.6. The molecular formula is C19H15NO5. The summed E-state index contributed by atoms with van der Waals surface area (Å²) in [6, 6.07) is 13.1. The molecule has 1 unspecified atom stereocenters. The molecule has 2 aromatic carbocycles. The number of aliphatic hydroxyl groups excluding tert-OH is 1. The van der Waals surface area contributed by atoms with Gasteiger partial charge in [0.05, 0.1) is 11.5 Å². The van der Waals surface area contributed by atoms with Gasteiger partial charge in [-0.25, -0.2) is 0 Å². The Bertz CT molecular complexity index is 929. The summed E-state index contributed by atoms with van der Waals surface area (Å²) in [6.07, 6.45) is 0. The zero-order chi connectivity index (χ0) is 18.1. The van der Waals surface area contributed by atoms with E-state index < -0.39 is 29.0 Å². The van der Waals surface area contributed by atoms with Crippen molar-refractivity contribution in [3.8, 4) is 0 Å². The third-order valence-electron chi connectivity index (χ3n) is 4.38. The second kappa shape index (κ2) is 6.32. The molecule has 1 aliphatic carbocycles. The van der Waals surface area contributed by atoms with E-state index in [2.05, 4.69) is 0 Å². The highest BCUT2D eigenvalue weighted by molar-refractivity contribution is 6.52. The number of rotatable bonds is 4. The maximum Gasteiger partial charge on any atom is 0.234 e. The molecule has 0 amide bonds. The molecule has 0 aliphatic heterocycles. The molecule has 0 bridgehead atoms. The first-order valence-corrected chi connectivity index (χ1v) is 7.70. The average molecular weight is 337 g/mol. The molecule has 126 valence electrons. The van der Waals surface area contributed by atoms with Crippen LogP contribution >= 0.6 is 0 Å². The Labute approximate surface area is 143 Å². The standard InChI is InChI=1S/C19H15NO5/c1-11-6-2-3-7-12(11)15(10-20(24)25)16-17(21)13-8-4-5-9-14(13)18(22)19(16)23/h2-9,15,21H,10H2,1H3. The largest absolute Gasteiger partial charge is 0.507 e. The summed E-state index contributed by atoms with van der Waals surface area (Å²) in [5.41, 5.74) is 1.41. The summed E-state index contributed by atoms with van der Waals surface area (Å²) in [4.78, 5) is 35.7. The lowest BCUT2D eigenvalue weighted by atomic mass is 9.78. The zero-order valence-corrected chi connectivity index (χ0v) is 13.4. The SMILES string of the molecule is Cc1ccccc1C(C[N+](=O)[O-])C1=C(O)c2ccccc2C(=O)C1=O. The van der Waals surface area contributed by atoms with Crippen LogP contribution in [0.25, 0.3) is 5.76 Å². The number of fused-ring (bicyclic) bond motifs is 1. The van der Waals surface area contributed by atoms with Crippen LogP contribution < -0.4 is 0 Å². The van der Waals surface area contributed by atoms with E-state index >= 15 is 0 Å². The Morgan fingerprint density at radius 3 is 2.24 bits per heavy atom. The summed E-state index contributed by atoms with van der Waals surface area (Å²) >= 11 is 0. The molecule has 0 aromatic heterocycles. The minimum atomic E-state index is -0.999. The second-order valence-electron chi connectivity index (χ2n) is 5.89. The number of nitro groups is 1. The molecular weight excluding hydrogens is 322 g/mol. The quantitative estimate of drug-likeness (QED) is 0.525. The minimum absolute atomic E-state index is 0.110. The van der Waals surface area contributed by atoms with Crippen molar-refractivity contribution in [3.63, 3.8) is 0 Å². The van der Waals surface area contributed by atoms with Gasteiger partial charge in [-0.2, -0.15) is 0 Å². The number of carbonyl (C=O) groups excluding carboxylic acids is 2. The van der Waals surface area contributed by atoms with Crippen LogP contribution in [0.4, 0.5) is 0 Å². The Morgan fingerprint density at radius 1 is 1.00 bits per heavy atom. The van der Waals surface area contributed by atoms with Crippen LogP contribution in [0.5, 0.6) is 0 Å². The number of hydrogen-bond donors (Lipinski definition) is 1. The van der Waals surface area contributed by atoms with Crippen molar-refractivity contribution in [2.75, 3.05) is 6.54 Å². The maximum atomic E-state index is 12.6. The minimum Gasteiger partial charge on any atom is -0.507 e. The van der Waals surface area contributed by atoms with Crippen molar-refractivity contribution in [1.29, 1.82) is 0 Å². The Balaban J connectivity index is 2.25. The van der Waals surface area contributed by atoms with Crippen LogP contribution in [0, 0.1) is 17.0 Å². The first kappa shape index (κ1) is 16.6. The summed E-state index contributed by atoms with van der Waals surface area (Å²) in [6.45, 7) is 1.17. The summed E-state index contributed by atoms with van der Waals surface area (Å²) < 4.78 is 0. The Kier molecular flexibility index (Phi) is 4.19. The Hall–Kier alpha value is -3.28. The van der Waals surface area contributed by atoms with Crippen molar-refractivity contribution in [2.24, 2.45) is 0 Å². The van der Waals surface area contributed by atoms with Gasteiger partial charge >= 0.3 is 0 Å². The highest BCUT2D eigenvalue weighted by Gasteiger charge is 2.39. The fourth-order valence-electron chi connectivity index (χ4n) is 3.18. The van der Waals surface area contributed by atoms with Gasteiger partial charge in [0, 0.05) is 16.1 Å². The molecule has 25 heavy (non-hydrogen) atoms. The summed E-state index contributed by atoms with van der Waals surface area (Å²) in [5.74, 6) is -3.02. The van der Waals surface area contributed by atoms with Gasteiger partial charge in [0.1, 0.15) is 5.76 Å². The molecule has 1 N–H and O–H groups in total. The van der Waals surface area contributed by atoms with Crippen molar-refractivity contribution >= 4 is 17.3 Å². The van der Waals surface area contributed by atoms with Crippen LogP contribution in [-0.4, -0.2) is 28.1 Å². The van der Waals surface area contributed by atoms with Crippen LogP contribution in [-0.2, 0) is 4.79 Å². The fraction of sp³-hybridized carbons (Fsp3) is 0.158. The lowest BCUT2D eigenvalue weighted by Crippen LogP contribution is -2.30. The summed E-state index contributed by atoms with van der Waals surface area (Å²) in [5, 5.41) is 21.8. The van der Waals surface area contributed by atoms with Crippen molar-refractivity contribution in [3.05, 3.63) is 86.5 Å². The van der Waals surface area contributed by atoms with E-state index in [1.807, 2.05) is 0 Å². The van der Waals surface area contributed by atoms with Gasteiger partial charge in [-0.1, -0.05) is 48.5 Å². The van der Waals surface area contributed by atoms with E-state index in [1.54, 1.807) is 43.3 Å². The van der Waals surface area contributed by atoms with E-state index in [0.29, 0.717) is 5.56 Å². The van der Waals surface area contributed by atoms with Crippen molar-refractivity contribution in [2.45, 2.75) is 12.8 Å². The molecule has 2 aromatic rings. The first-order chi connectivity index (χ1) is 11.9. The Morgan fingerprint density at radius 2 is 1.60 bits per heavy atom. The molecule has 0 saturated heterocycles. The lowest BCUT2D eigenvalue weighted by Gasteiger charge is -2.23. The van der Waals surface area contributed by atoms with Gasteiger partial charge in [0.25, 0.3) is 0 Å². The van der Waals surface area contributed by atoms with Gasteiger partial charge in [0.15, 0.2) is 0 Å². The van der Waals surface area contributed by atoms with E-state index in [0.717, 1.165) is 5.56 Å². The normalized spacial score (nSPS) is 15.1. The number of aliphatic hydroxyl groups is 1. The number of nitrogens with zero attached hydrogens (tertiary/aromatic N) is 1. The van der Waals surface area contributed by atoms with E-state index in [1.165, 1.54) is 12.1 Å². The van der Waals surface area contributed by atoms with Gasteiger partial charge in [-0.05, 0) is 18.1 Å². The molecule has 6 heteroatoms. The molecule has 1 aliphatic rings. The van der Waals surface area contributed by atoms with Crippen LogP contribution in [0.1, 0.15) is 33.0 Å². The summed E-state index contributed by atoms with van der Waals surface area (Å²) in [7, 11) is 0.